The average Bonchev–Trinajstić information content (AvgIpc) is 2.43. The monoisotopic (exact) mass is 259 g/mol. The summed E-state index contributed by atoms with van der Waals surface area (Å²) in [7, 11) is 2.09. The second kappa shape index (κ2) is 7.28. The molecule has 0 saturated heterocycles. The second-order valence-corrected chi connectivity index (χ2v) is 5.33. The third kappa shape index (κ3) is 4.34. The van der Waals surface area contributed by atoms with Crippen molar-refractivity contribution in [2.45, 2.75) is 38.8 Å². The molecule has 0 fully saturated rings. The molecule has 1 rings (SSSR count). The molecule has 1 N–H and O–H groups in total. The largest absolute Gasteiger partial charge is 0.307 e. The van der Waals surface area contributed by atoms with Crippen LogP contribution in [0.5, 0.6) is 0 Å². The van der Waals surface area contributed by atoms with E-state index in [1.165, 1.54) is 0 Å². The summed E-state index contributed by atoms with van der Waals surface area (Å²) >= 11 is 0. The van der Waals surface area contributed by atoms with Crippen LogP contribution in [0.15, 0.2) is 30.3 Å². The molecule has 0 saturated carbocycles. The molecule has 1 aromatic carbocycles. The molecule has 1 aromatic rings. The first-order valence-electron chi connectivity index (χ1n) is 6.97. The van der Waals surface area contributed by atoms with Crippen LogP contribution >= 0.6 is 0 Å². The van der Waals surface area contributed by atoms with Gasteiger partial charge in [-0.15, -0.1) is 0 Å². The molecule has 104 valence electrons. The zero-order chi connectivity index (χ0) is 14.3. The van der Waals surface area contributed by atoms with E-state index in [2.05, 4.69) is 44.1 Å². The highest BCUT2D eigenvalue weighted by Gasteiger charge is 2.32. The van der Waals surface area contributed by atoms with E-state index < -0.39 is 5.54 Å². The van der Waals surface area contributed by atoms with Crippen molar-refractivity contribution in [1.82, 2.24) is 10.2 Å². The van der Waals surface area contributed by atoms with Gasteiger partial charge in [-0.1, -0.05) is 37.3 Å². The SMILES string of the molecule is CCN(C)CCC(C#N)(NC(C)C)c1ccccc1. The highest BCUT2D eigenvalue weighted by molar-refractivity contribution is 5.31. The van der Waals surface area contributed by atoms with Crippen LogP contribution in [-0.4, -0.2) is 31.1 Å². The number of benzene rings is 1. The van der Waals surface area contributed by atoms with E-state index >= 15 is 0 Å². The van der Waals surface area contributed by atoms with Crippen LogP contribution in [0.3, 0.4) is 0 Å². The van der Waals surface area contributed by atoms with E-state index in [0.717, 1.165) is 25.1 Å². The molecule has 19 heavy (non-hydrogen) atoms. The number of nitriles is 1. The lowest BCUT2D eigenvalue weighted by Gasteiger charge is -2.32. The lowest BCUT2D eigenvalue weighted by atomic mass is 9.87. The minimum Gasteiger partial charge on any atom is -0.307 e. The summed E-state index contributed by atoms with van der Waals surface area (Å²) in [5, 5.41) is 13.2. The Morgan fingerprint density at radius 2 is 1.95 bits per heavy atom. The maximum absolute atomic E-state index is 9.73. The fraction of sp³-hybridized carbons (Fsp3) is 0.562. The van der Waals surface area contributed by atoms with Gasteiger partial charge in [-0.25, -0.2) is 0 Å². The smallest absolute Gasteiger partial charge is 0.133 e. The molecule has 0 heterocycles. The highest BCUT2D eigenvalue weighted by atomic mass is 15.1. The first-order chi connectivity index (χ1) is 9.04. The van der Waals surface area contributed by atoms with Gasteiger partial charge in [-0.05, 0) is 39.4 Å². The molecule has 0 aromatic heterocycles. The van der Waals surface area contributed by atoms with Gasteiger partial charge in [0, 0.05) is 12.6 Å². The van der Waals surface area contributed by atoms with Crippen LogP contribution in [0.4, 0.5) is 0 Å². The Balaban J connectivity index is 2.99. The van der Waals surface area contributed by atoms with Gasteiger partial charge in [0.05, 0.1) is 6.07 Å². The van der Waals surface area contributed by atoms with Crippen LogP contribution < -0.4 is 5.32 Å². The quantitative estimate of drug-likeness (QED) is 0.818. The first kappa shape index (κ1) is 15.7. The third-order valence-electron chi connectivity index (χ3n) is 3.40. The number of nitrogens with one attached hydrogen (secondary N) is 1. The summed E-state index contributed by atoms with van der Waals surface area (Å²) in [6.07, 6.45) is 0.788. The number of hydrogen-bond acceptors (Lipinski definition) is 3. The molecular formula is C16H25N3. The van der Waals surface area contributed by atoms with E-state index in [1.807, 2.05) is 30.3 Å². The average molecular weight is 259 g/mol. The zero-order valence-corrected chi connectivity index (χ0v) is 12.5. The number of rotatable bonds is 7. The molecule has 3 nitrogen and oxygen atoms in total. The Morgan fingerprint density at radius 3 is 2.42 bits per heavy atom. The fourth-order valence-corrected chi connectivity index (χ4v) is 2.18. The van der Waals surface area contributed by atoms with Crippen molar-refractivity contribution in [1.29, 1.82) is 5.26 Å². The van der Waals surface area contributed by atoms with Crippen molar-refractivity contribution in [2.24, 2.45) is 0 Å². The third-order valence-corrected chi connectivity index (χ3v) is 3.40. The second-order valence-electron chi connectivity index (χ2n) is 5.33. The van der Waals surface area contributed by atoms with E-state index in [-0.39, 0.29) is 6.04 Å². The van der Waals surface area contributed by atoms with Crippen molar-refractivity contribution in [2.75, 3.05) is 20.1 Å². The number of hydrogen-bond donors (Lipinski definition) is 1. The van der Waals surface area contributed by atoms with Crippen LogP contribution in [0.2, 0.25) is 0 Å². The lowest BCUT2D eigenvalue weighted by molar-refractivity contribution is 0.279. The van der Waals surface area contributed by atoms with Crippen molar-refractivity contribution in [3.8, 4) is 6.07 Å². The number of nitrogens with zero attached hydrogens (tertiary/aromatic N) is 2. The Morgan fingerprint density at radius 1 is 1.32 bits per heavy atom. The van der Waals surface area contributed by atoms with Gasteiger partial charge in [-0.2, -0.15) is 5.26 Å². The van der Waals surface area contributed by atoms with Crippen molar-refractivity contribution in [3.63, 3.8) is 0 Å². The van der Waals surface area contributed by atoms with Crippen molar-refractivity contribution >= 4 is 0 Å². The zero-order valence-electron chi connectivity index (χ0n) is 12.5. The fourth-order valence-electron chi connectivity index (χ4n) is 2.18. The molecule has 1 unspecified atom stereocenters. The molecule has 0 bridgehead atoms. The Hall–Kier alpha value is -1.37. The minimum absolute atomic E-state index is 0.270. The van der Waals surface area contributed by atoms with Crippen LogP contribution in [-0.2, 0) is 5.54 Å². The molecular weight excluding hydrogens is 234 g/mol. The first-order valence-corrected chi connectivity index (χ1v) is 6.97. The molecule has 1 atom stereocenters. The maximum atomic E-state index is 9.73. The van der Waals surface area contributed by atoms with Crippen molar-refractivity contribution < 1.29 is 0 Å². The van der Waals surface area contributed by atoms with E-state index in [0.29, 0.717) is 0 Å². The van der Waals surface area contributed by atoms with Crippen molar-refractivity contribution in [3.05, 3.63) is 35.9 Å². The molecule has 0 spiro atoms. The van der Waals surface area contributed by atoms with Crippen LogP contribution in [0, 0.1) is 11.3 Å². The summed E-state index contributed by atoms with van der Waals surface area (Å²) in [4.78, 5) is 2.23. The van der Waals surface area contributed by atoms with Gasteiger partial charge < -0.3 is 4.90 Å². The van der Waals surface area contributed by atoms with Gasteiger partial charge in [0.2, 0.25) is 0 Å². The topological polar surface area (TPSA) is 39.1 Å². The highest BCUT2D eigenvalue weighted by Crippen LogP contribution is 2.25. The predicted octanol–water partition coefficient (Wildman–Crippen LogP) is 2.75. The standard InChI is InChI=1S/C16H25N3/c1-5-19(4)12-11-16(13-17,18-14(2)3)15-9-7-6-8-10-15/h6-10,14,18H,5,11-12H2,1-4H3. The van der Waals surface area contributed by atoms with Gasteiger partial charge in [0.1, 0.15) is 5.54 Å². The molecule has 0 aliphatic heterocycles. The summed E-state index contributed by atoms with van der Waals surface area (Å²) in [6, 6.07) is 12.8. The Kier molecular flexibility index (Phi) is 6.01. The van der Waals surface area contributed by atoms with Gasteiger partial charge in [0.15, 0.2) is 0 Å². The molecule has 0 radical (unpaired) electrons. The minimum atomic E-state index is -0.598. The summed E-state index contributed by atoms with van der Waals surface area (Å²) in [5.74, 6) is 0. The lowest BCUT2D eigenvalue weighted by Crippen LogP contribution is -2.46. The van der Waals surface area contributed by atoms with Gasteiger partial charge in [-0.3, -0.25) is 5.32 Å². The van der Waals surface area contributed by atoms with Crippen LogP contribution in [0.25, 0.3) is 0 Å². The molecule has 3 heteroatoms. The normalized spacial score (nSPS) is 14.4. The molecule has 0 amide bonds. The van der Waals surface area contributed by atoms with Gasteiger partial charge in [0.25, 0.3) is 0 Å². The molecule has 0 aliphatic rings. The van der Waals surface area contributed by atoms with Gasteiger partial charge >= 0.3 is 0 Å². The summed E-state index contributed by atoms with van der Waals surface area (Å²) in [6.45, 7) is 8.19. The van der Waals surface area contributed by atoms with E-state index in [9.17, 15) is 5.26 Å². The van der Waals surface area contributed by atoms with E-state index in [4.69, 9.17) is 0 Å². The maximum Gasteiger partial charge on any atom is 0.133 e. The summed E-state index contributed by atoms with van der Waals surface area (Å²) < 4.78 is 0. The molecule has 0 aliphatic carbocycles. The Labute approximate surface area is 117 Å². The van der Waals surface area contributed by atoms with Crippen LogP contribution in [0.1, 0.15) is 32.8 Å². The van der Waals surface area contributed by atoms with E-state index in [1.54, 1.807) is 0 Å². The Bertz CT molecular complexity index is 408. The predicted molar refractivity (Wildman–Crippen MR) is 79.8 cm³/mol. The summed E-state index contributed by atoms with van der Waals surface area (Å²) in [5.41, 5.74) is 0.453.